The van der Waals surface area contributed by atoms with E-state index in [0.29, 0.717) is 18.8 Å². The molecule has 0 aliphatic carbocycles. The second-order valence-electron chi connectivity index (χ2n) is 4.94. The van der Waals surface area contributed by atoms with Gasteiger partial charge in [0, 0.05) is 6.42 Å². The third-order valence-electron chi connectivity index (χ3n) is 3.37. The molecule has 21 heavy (non-hydrogen) atoms. The minimum Gasteiger partial charge on any atom is -0.504 e. The van der Waals surface area contributed by atoms with Crippen LogP contribution < -0.4 is 10.5 Å². The Kier molecular flexibility index (Phi) is 5.20. The van der Waals surface area contributed by atoms with Gasteiger partial charge in [-0.25, -0.2) is 0 Å². The standard InChI is InChI=1S/C17H21NO3/c1-2-21-16-11-13(8-9-14(16)19)17(18)15(20)10-12-6-4-3-5-7-12/h3-9,11,15,17,19-20H,2,10,18H2,1H3/t15-,17+/m0/s1. The fourth-order valence-electron chi connectivity index (χ4n) is 2.21. The van der Waals surface area contributed by atoms with Crippen molar-refractivity contribution in [1.82, 2.24) is 0 Å². The predicted molar refractivity (Wildman–Crippen MR) is 82.4 cm³/mol. The quantitative estimate of drug-likeness (QED) is 0.762. The lowest BCUT2D eigenvalue weighted by atomic mass is 9.96. The first-order chi connectivity index (χ1) is 10.1. The van der Waals surface area contributed by atoms with E-state index in [1.54, 1.807) is 12.1 Å². The van der Waals surface area contributed by atoms with Gasteiger partial charge < -0.3 is 20.7 Å². The highest BCUT2D eigenvalue weighted by Crippen LogP contribution is 2.30. The van der Waals surface area contributed by atoms with Gasteiger partial charge in [0.15, 0.2) is 11.5 Å². The fourth-order valence-corrected chi connectivity index (χ4v) is 2.21. The molecule has 0 aromatic heterocycles. The zero-order valence-corrected chi connectivity index (χ0v) is 12.1. The van der Waals surface area contributed by atoms with Crippen LogP contribution in [-0.4, -0.2) is 22.9 Å². The van der Waals surface area contributed by atoms with Crippen molar-refractivity contribution in [3.8, 4) is 11.5 Å². The minimum absolute atomic E-state index is 0.0744. The van der Waals surface area contributed by atoms with Crippen LogP contribution in [0.1, 0.15) is 24.1 Å². The van der Waals surface area contributed by atoms with Crippen molar-refractivity contribution in [3.05, 3.63) is 59.7 Å². The molecule has 0 amide bonds. The zero-order chi connectivity index (χ0) is 15.2. The molecule has 0 saturated carbocycles. The van der Waals surface area contributed by atoms with E-state index in [0.717, 1.165) is 11.1 Å². The molecule has 4 heteroatoms. The van der Waals surface area contributed by atoms with Gasteiger partial charge in [-0.15, -0.1) is 0 Å². The first kappa shape index (κ1) is 15.4. The monoisotopic (exact) mass is 287 g/mol. The van der Waals surface area contributed by atoms with E-state index in [-0.39, 0.29) is 5.75 Å². The molecule has 0 unspecified atom stereocenters. The Hall–Kier alpha value is -2.04. The normalized spacial score (nSPS) is 13.7. The molecule has 4 N–H and O–H groups in total. The lowest BCUT2D eigenvalue weighted by Crippen LogP contribution is -2.28. The third-order valence-corrected chi connectivity index (χ3v) is 3.37. The maximum absolute atomic E-state index is 10.3. The number of ether oxygens (including phenoxy) is 1. The number of phenols is 1. The molecule has 4 nitrogen and oxygen atoms in total. The highest BCUT2D eigenvalue weighted by Gasteiger charge is 2.18. The molecule has 112 valence electrons. The summed E-state index contributed by atoms with van der Waals surface area (Å²) in [5, 5.41) is 20.0. The Labute approximate surface area is 124 Å². The van der Waals surface area contributed by atoms with E-state index in [4.69, 9.17) is 10.5 Å². The Balaban J connectivity index is 2.11. The van der Waals surface area contributed by atoms with Gasteiger partial charge in [0.2, 0.25) is 0 Å². The Morgan fingerprint density at radius 2 is 1.86 bits per heavy atom. The van der Waals surface area contributed by atoms with E-state index in [9.17, 15) is 10.2 Å². The van der Waals surface area contributed by atoms with Gasteiger partial charge in [0.25, 0.3) is 0 Å². The number of aliphatic hydroxyl groups excluding tert-OH is 1. The minimum atomic E-state index is -0.702. The molecule has 2 aromatic rings. The highest BCUT2D eigenvalue weighted by atomic mass is 16.5. The summed E-state index contributed by atoms with van der Waals surface area (Å²) in [7, 11) is 0. The van der Waals surface area contributed by atoms with E-state index in [1.165, 1.54) is 6.07 Å². The molecule has 2 rings (SSSR count). The van der Waals surface area contributed by atoms with Crippen molar-refractivity contribution in [2.75, 3.05) is 6.61 Å². The lowest BCUT2D eigenvalue weighted by Gasteiger charge is -2.20. The van der Waals surface area contributed by atoms with Crippen LogP contribution in [0.15, 0.2) is 48.5 Å². The topological polar surface area (TPSA) is 75.7 Å². The molecular weight excluding hydrogens is 266 g/mol. The zero-order valence-electron chi connectivity index (χ0n) is 12.1. The maximum Gasteiger partial charge on any atom is 0.161 e. The molecule has 0 radical (unpaired) electrons. The van der Waals surface area contributed by atoms with Gasteiger partial charge in [-0.05, 0) is 30.2 Å². The van der Waals surface area contributed by atoms with Crippen molar-refractivity contribution >= 4 is 0 Å². The van der Waals surface area contributed by atoms with Gasteiger partial charge in [-0.1, -0.05) is 36.4 Å². The van der Waals surface area contributed by atoms with Crippen LogP contribution in [0.3, 0.4) is 0 Å². The largest absolute Gasteiger partial charge is 0.504 e. The Morgan fingerprint density at radius 3 is 2.52 bits per heavy atom. The van der Waals surface area contributed by atoms with Crippen LogP contribution in [-0.2, 0) is 6.42 Å². The summed E-state index contributed by atoms with van der Waals surface area (Å²) < 4.78 is 5.34. The molecule has 2 aromatic carbocycles. The van der Waals surface area contributed by atoms with Gasteiger partial charge >= 0.3 is 0 Å². The van der Waals surface area contributed by atoms with Crippen molar-refractivity contribution in [2.45, 2.75) is 25.5 Å². The molecular formula is C17H21NO3. The Bertz CT molecular complexity index is 572. The van der Waals surface area contributed by atoms with Gasteiger partial charge in [-0.3, -0.25) is 0 Å². The SMILES string of the molecule is CCOc1cc([C@@H](N)[C@@H](O)Cc2ccccc2)ccc1O. The average Bonchev–Trinajstić information content (AvgIpc) is 2.50. The molecule has 0 aliphatic heterocycles. The van der Waals surface area contributed by atoms with Crippen LogP contribution in [0.4, 0.5) is 0 Å². The first-order valence-corrected chi connectivity index (χ1v) is 7.05. The number of aromatic hydroxyl groups is 1. The smallest absolute Gasteiger partial charge is 0.161 e. The van der Waals surface area contributed by atoms with E-state index < -0.39 is 12.1 Å². The number of rotatable bonds is 6. The number of aliphatic hydroxyl groups is 1. The van der Waals surface area contributed by atoms with Crippen molar-refractivity contribution in [1.29, 1.82) is 0 Å². The van der Waals surface area contributed by atoms with Crippen LogP contribution in [0.2, 0.25) is 0 Å². The lowest BCUT2D eigenvalue weighted by molar-refractivity contribution is 0.145. The summed E-state index contributed by atoms with van der Waals surface area (Å²) in [4.78, 5) is 0. The third kappa shape index (κ3) is 3.97. The molecule has 0 saturated heterocycles. The number of hydrogen-bond acceptors (Lipinski definition) is 4. The molecule has 0 fully saturated rings. The maximum atomic E-state index is 10.3. The second-order valence-corrected chi connectivity index (χ2v) is 4.94. The average molecular weight is 287 g/mol. The summed E-state index contributed by atoms with van der Waals surface area (Å²) in [6.45, 7) is 2.30. The summed E-state index contributed by atoms with van der Waals surface area (Å²) >= 11 is 0. The first-order valence-electron chi connectivity index (χ1n) is 7.05. The molecule has 0 aliphatic rings. The van der Waals surface area contributed by atoms with Crippen molar-refractivity contribution < 1.29 is 14.9 Å². The van der Waals surface area contributed by atoms with Crippen LogP contribution >= 0.6 is 0 Å². The summed E-state index contributed by atoms with van der Waals surface area (Å²) in [5.74, 6) is 0.461. The number of benzene rings is 2. The number of hydrogen-bond donors (Lipinski definition) is 3. The molecule has 0 spiro atoms. The highest BCUT2D eigenvalue weighted by molar-refractivity contribution is 5.43. The van der Waals surface area contributed by atoms with Gasteiger partial charge in [0.05, 0.1) is 18.8 Å². The predicted octanol–water partition coefficient (Wildman–Crippen LogP) is 2.39. The van der Waals surface area contributed by atoms with Crippen LogP contribution in [0, 0.1) is 0 Å². The second kappa shape index (κ2) is 7.11. The summed E-state index contributed by atoms with van der Waals surface area (Å²) in [6.07, 6.45) is -0.223. The number of phenolic OH excluding ortho intramolecular Hbond substituents is 1. The van der Waals surface area contributed by atoms with E-state index in [1.807, 2.05) is 37.3 Å². The Morgan fingerprint density at radius 1 is 1.14 bits per heavy atom. The summed E-state index contributed by atoms with van der Waals surface area (Å²) in [6, 6.07) is 14.1. The molecule has 0 heterocycles. The van der Waals surface area contributed by atoms with Crippen molar-refractivity contribution in [2.24, 2.45) is 5.73 Å². The van der Waals surface area contributed by atoms with Gasteiger partial charge in [-0.2, -0.15) is 0 Å². The van der Waals surface area contributed by atoms with Crippen LogP contribution in [0.5, 0.6) is 11.5 Å². The summed E-state index contributed by atoms with van der Waals surface area (Å²) in [5.41, 5.74) is 7.88. The van der Waals surface area contributed by atoms with Crippen LogP contribution in [0.25, 0.3) is 0 Å². The van der Waals surface area contributed by atoms with E-state index in [2.05, 4.69) is 0 Å². The van der Waals surface area contributed by atoms with E-state index >= 15 is 0 Å². The molecule has 2 atom stereocenters. The fraction of sp³-hybridized carbons (Fsp3) is 0.294. The van der Waals surface area contributed by atoms with Crippen molar-refractivity contribution in [3.63, 3.8) is 0 Å². The number of nitrogens with two attached hydrogens (primary N) is 1. The van der Waals surface area contributed by atoms with Gasteiger partial charge in [0.1, 0.15) is 0 Å². The molecule has 0 bridgehead atoms.